The smallest absolute Gasteiger partial charge is 0.128 e. The van der Waals surface area contributed by atoms with E-state index in [0.29, 0.717) is 17.9 Å². The van der Waals surface area contributed by atoms with Crippen molar-refractivity contribution in [2.45, 2.75) is 25.9 Å². The van der Waals surface area contributed by atoms with Gasteiger partial charge in [0.25, 0.3) is 0 Å². The van der Waals surface area contributed by atoms with E-state index in [-0.39, 0.29) is 5.92 Å². The number of benzene rings is 1. The van der Waals surface area contributed by atoms with Crippen LogP contribution in [-0.4, -0.2) is 13.7 Å². The van der Waals surface area contributed by atoms with Crippen LogP contribution in [0.25, 0.3) is 0 Å². The summed E-state index contributed by atoms with van der Waals surface area (Å²) in [6, 6.07) is 5.52. The summed E-state index contributed by atoms with van der Waals surface area (Å²) in [5.41, 5.74) is 7.17. The van der Waals surface area contributed by atoms with E-state index in [2.05, 4.69) is 0 Å². The first-order valence-electron chi connectivity index (χ1n) is 5.12. The number of nitrogens with two attached hydrogens (primary N) is 1. The van der Waals surface area contributed by atoms with Gasteiger partial charge in [0, 0.05) is 5.56 Å². The number of halogens is 1. The second kappa shape index (κ2) is 5.12. The zero-order valence-corrected chi connectivity index (χ0v) is 9.46. The Bertz CT molecular complexity index is 325. The molecule has 0 aliphatic rings. The van der Waals surface area contributed by atoms with Gasteiger partial charge < -0.3 is 10.5 Å². The van der Waals surface area contributed by atoms with Crippen molar-refractivity contribution < 1.29 is 9.13 Å². The number of rotatable bonds is 4. The molecule has 2 N–H and O–H groups in total. The van der Waals surface area contributed by atoms with Gasteiger partial charge in [-0.15, -0.1) is 0 Å². The Morgan fingerprint density at radius 2 is 1.93 bits per heavy atom. The third-order valence-electron chi connectivity index (χ3n) is 2.59. The van der Waals surface area contributed by atoms with Crippen molar-refractivity contribution in [3.05, 3.63) is 29.3 Å². The summed E-state index contributed by atoms with van der Waals surface area (Å²) in [7, 11) is 1.56. The van der Waals surface area contributed by atoms with Crippen LogP contribution in [0, 0.1) is 0 Å². The summed E-state index contributed by atoms with van der Waals surface area (Å²) in [5.74, 6) is 0.809. The molecule has 2 atom stereocenters. The highest BCUT2D eigenvalue weighted by molar-refractivity contribution is 5.44. The molecule has 0 amide bonds. The zero-order valence-electron chi connectivity index (χ0n) is 9.46. The average Bonchev–Trinajstić information content (AvgIpc) is 2.26. The predicted octanol–water partition coefficient (Wildman–Crippen LogP) is 2.79. The molecule has 0 saturated heterocycles. The molecule has 0 bridgehead atoms. The molecular formula is C12H18FNO. The number of alkyl halides is 1. The van der Waals surface area contributed by atoms with Crippen molar-refractivity contribution in [2.75, 3.05) is 13.7 Å². The molecule has 1 rings (SSSR count). The Morgan fingerprint density at radius 3 is 2.40 bits per heavy atom. The van der Waals surface area contributed by atoms with E-state index in [0.717, 1.165) is 5.56 Å². The molecule has 2 nitrogen and oxygen atoms in total. The minimum absolute atomic E-state index is 0.179. The molecule has 0 aliphatic carbocycles. The van der Waals surface area contributed by atoms with E-state index >= 15 is 0 Å². The van der Waals surface area contributed by atoms with E-state index < -0.39 is 6.17 Å². The van der Waals surface area contributed by atoms with Gasteiger partial charge in [-0.1, -0.05) is 25.1 Å². The zero-order chi connectivity index (χ0) is 11.4. The molecule has 3 heteroatoms. The van der Waals surface area contributed by atoms with Crippen LogP contribution >= 0.6 is 0 Å². The van der Waals surface area contributed by atoms with Crippen LogP contribution in [0.3, 0.4) is 0 Å². The fourth-order valence-electron chi connectivity index (χ4n) is 1.64. The molecule has 0 spiro atoms. The number of hydrogen-bond donors (Lipinski definition) is 1. The van der Waals surface area contributed by atoms with Gasteiger partial charge in [-0.25, -0.2) is 4.39 Å². The Balaban J connectivity index is 3.22. The fourth-order valence-corrected chi connectivity index (χ4v) is 1.64. The van der Waals surface area contributed by atoms with Crippen LogP contribution in [-0.2, 0) is 0 Å². The Labute approximate surface area is 90.2 Å². The lowest BCUT2D eigenvalue weighted by molar-refractivity contribution is 0.343. The van der Waals surface area contributed by atoms with E-state index in [1.54, 1.807) is 13.2 Å². The lowest BCUT2D eigenvalue weighted by Gasteiger charge is -2.17. The lowest BCUT2D eigenvalue weighted by Crippen LogP contribution is -2.11. The molecule has 2 unspecified atom stereocenters. The maximum atomic E-state index is 13.3. The molecule has 0 aliphatic heterocycles. The lowest BCUT2D eigenvalue weighted by atomic mass is 9.96. The number of methoxy groups -OCH3 is 1. The highest BCUT2D eigenvalue weighted by Crippen LogP contribution is 2.34. The van der Waals surface area contributed by atoms with Crippen molar-refractivity contribution >= 4 is 0 Å². The maximum Gasteiger partial charge on any atom is 0.128 e. The van der Waals surface area contributed by atoms with E-state index in [4.69, 9.17) is 10.5 Å². The van der Waals surface area contributed by atoms with Gasteiger partial charge in [0.2, 0.25) is 0 Å². The highest BCUT2D eigenvalue weighted by atomic mass is 19.1. The second-order valence-electron chi connectivity index (χ2n) is 3.72. The number of para-hydroxylation sites is 1. The van der Waals surface area contributed by atoms with Crippen LogP contribution in [0.4, 0.5) is 4.39 Å². The van der Waals surface area contributed by atoms with Gasteiger partial charge in [-0.2, -0.15) is 0 Å². The summed E-state index contributed by atoms with van der Waals surface area (Å²) in [5, 5.41) is 0. The minimum atomic E-state index is -1.02. The Morgan fingerprint density at radius 1 is 1.33 bits per heavy atom. The minimum Gasteiger partial charge on any atom is -0.496 e. The van der Waals surface area contributed by atoms with Crippen molar-refractivity contribution in [3.63, 3.8) is 0 Å². The molecule has 84 valence electrons. The normalized spacial score (nSPS) is 14.7. The molecule has 0 fully saturated rings. The first-order chi connectivity index (χ1) is 7.11. The summed E-state index contributed by atoms with van der Waals surface area (Å²) >= 11 is 0. The summed E-state index contributed by atoms with van der Waals surface area (Å²) in [6.45, 7) is 4.04. The van der Waals surface area contributed by atoms with Gasteiger partial charge in [-0.3, -0.25) is 0 Å². The molecule has 0 radical (unpaired) electrons. The van der Waals surface area contributed by atoms with Crippen LogP contribution in [0.2, 0.25) is 0 Å². The molecule has 1 aromatic carbocycles. The van der Waals surface area contributed by atoms with E-state index in [9.17, 15) is 4.39 Å². The number of ether oxygens (including phenoxy) is 1. The van der Waals surface area contributed by atoms with Crippen LogP contribution < -0.4 is 10.5 Å². The monoisotopic (exact) mass is 211 g/mol. The van der Waals surface area contributed by atoms with Crippen LogP contribution in [0.15, 0.2) is 18.2 Å². The largest absolute Gasteiger partial charge is 0.496 e. The van der Waals surface area contributed by atoms with Gasteiger partial charge in [0.1, 0.15) is 11.9 Å². The third-order valence-corrected chi connectivity index (χ3v) is 2.59. The first kappa shape index (κ1) is 12.0. The molecule has 0 heterocycles. The fraction of sp³-hybridized carbons (Fsp3) is 0.500. The first-order valence-corrected chi connectivity index (χ1v) is 5.12. The second-order valence-corrected chi connectivity index (χ2v) is 3.72. The van der Waals surface area contributed by atoms with Gasteiger partial charge >= 0.3 is 0 Å². The molecule has 1 aromatic rings. The van der Waals surface area contributed by atoms with Crippen LogP contribution in [0.5, 0.6) is 5.75 Å². The topological polar surface area (TPSA) is 35.2 Å². The van der Waals surface area contributed by atoms with Crippen molar-refractivity contribution in [2.24, 2.45) is 5.73 Å². The predicted molar refractivity (Wildman–Crippen MR) is 60.0 cm³/mol. The average molecular weight is 211 g/mol. The molecular weight excluding hydrogens is 193 g/mol. The Hall–Kier alpha value is -1.09. The number of hydrogen-bond acceptors (Lipinski definition) is 2. The summed E-state index contributed by atoms with van der Waals surface area (Å²) in [4.78, 5) is 0. The van der Waals surface area contributed by atoms with Gasteiger partial charge in [0.05, 0.1) is 7.11 Å². The third kappa shape index (κ3) is 2.48. The van der Waals surface area contributed by atoms with Crippen molar-refractivity contribution in [3.8, 4) is 5.75 Å². The summed E-state index contributed by atoms with van der Waals surface area (Å²) < 4.78 is 18.6. The van der Waals surface area contributed by atoms with Crippen molar-refractivity contribution in [1.29, 1.82) is 0 Å². The van der Waals surface area contributed by atoms with Crippen molar-refractivity contribution in [1.82, 2.24) is 0 Å². The standard InChI is InChI=1S/C12H18FNO/c1-8(7-14)10-5-4-6-11(9(2)13)12(10)15-3/h4-6,8-9H,7,14H2,1-3H3. The van der Waals surface area contributed by atoms with Gasteiger partial charge in [-0.05, 0) is 24.9 Å². The molecule has 0 saturated carbocycles. The van der Waals surface area contributed by atoms with E-state index in [1.807, 2.05) is 19.1 Å². The summed E-state index contributed by atoms with van der Waals surface area (Å²) in [6.07, 6.45) is -1.02. The van der Waals surface area contributed by atoms with Gasteiger partial charge in [0.15, 0.2) is 0 Å². The molecule has 0 aromatic heterocycles. The highest BCUT2D eigenvalue weighted by Gasteiger charge is 2.16. The SMILES string of the molecule is COc1c(C(C)F)cccc1C(C)CN. The Kier molecular flexibility index (Phi) is 4.09. The van der Waals surface area contributed by atoms with Crippen LogP contribution in [0.1, 0.15) is 37.1 Å². The maximum absolute atomic E-state index is 13.3. The quantitative estimate of drug-likeness (QED) is 0.831. The van der Waals surface area contributed by atoms with E-state index in [1.165, 1.54) is 6.92 Å². The molecule has 15 heavy (non-hydrogen) atoms.